The first kappa shape index (κ1) is 27.2. The molecule has 1 unspecified atom stereocenters. The van der Waals surface area contributed by atoms with Crippen molar-refractivity contribution < 1.29 is 4.79 Å². The number of aldehydes is 1. The van der Waals surface area contributed by atoms with Crippen LogP contribution >= 0.6 is 0 Å². The SMILES string of the molecule is CNC(C)c1nc2cccc(/C=C/c3ccccc3)c2c(=O)n1-c1ccccc1.Nc1nn2cccnc2c1C=O. The van der Waals surface area contributed by atoms with Crippen LogP contribution in [0.4, 0.5) is 5.82 Å². The number of aromatic nitrogens is 5. The number of nitrogens with two attached hydrogens (primary N) is 1. The van der Waals surface area contributed by atoms with Crippen LogP contribution in [0.25, 0.3) is 34.4 Å². The molecule has 9 nitrogen and oxygen atoms in total. The van der Waals surface area contributed by atoms with Crippen molar-refractivity contribution >= 4 is 40.8 Å². The van der Waals surface area contributed by atoms with Crippen molar-refractivity contribution in [2.24, 2.45) is 0 Å². The minimum absolute atomic E-state index is 0.0633. The Morgan fingerprint density at radius 3 is 2.37 bits per heavy atom. The number of hydrogen-bond acceptors (Lipinski definition) is 7. The van der Waals surface area contributed by atoms with Gasteiger partial charge >= 0.3 is 0 Å². The van der Waals surface area contributed by atoms with E-state index in [-0.39, 0.29) is 17.4 Å². The highest BCUT2D eigenvalue weighted by Crippen LogP contribution is 2.21. The third kappa shape index (κ3) is 5.66. The molecule has 0 aliphatic heterocycles. The number of rotatable bonds is 6. The maximum atomic E-state index is 13.7. The van der Waals surface area contributed by atoms with Crippen LogP contribution in [0, 0.1) is 0 Å². The minimum Gasteiger partial charge on any atom is -0.382 e. The lowest BCUT2D eigenvalue weighted by Gasteiger charge is -2.18. The Kier molecular flexibility index (Phi) is 8.08. The van der Waals surface area contributed by atoms with Gasteiger partial charge in [-0.2, -0.15) is 0 Å². The Labute approximate surface area is 236 Å². The van der Waals surface area contributed by atoms with Crippen LogP contribution in [0.2, 0.25) is 0 Å². The lowest BCUT2D eigenvalue weighted by atomic mass is 10.1. The van der Waals surface area contributed by atoms with E-state index in [1.807, 2.05) is 105 Å². The van der Waals surface area contributed by atoms with E-state index < -0.39 is 0 Å². The van der Waals surface area contributed by atoms with Gasteiger partial charge in [0.25, 0.3) is 5.56 Å². The number of carbonyl (C=O) groups excluding carboxylic acids is 1. The summed E-state index contributed by atoms with van der Waals surface area (Å²) in [4.78, 5) is 33.0. The number of hydrogen-bond donors (Lipinski definition) is 2. The molecule has 0 aliphatic carbocycles. The summed E-state index contributed by atoms with van der Waals surface area (Å²) in [6.07, 6.45) is 7.93. The number of anilines is 1. The second-order valence-electron chi connectivity index (χ2n) is 9.25. The first-order valence-electron chi connectivity index (χ1n) is 13.1. The molecular weight excluding hydrogens is 514 g/mol. The highest BCUT2D eigenvalue weighted by Gasteiger charge is 2.18. The van der Waals surface area contributed by atoms with Crippen LogP contribution in [0.3, 0.4) is 0 Å². The molecule has 0 bridgehead atoms. The van der Waals surface area contributed by atoms with Crippen molar-refractivity contribution in [2.75, 3.05) is 12.8 Å². The van der Waals surface area contributed by atoms with E-state index in [4.69, 9.17) is 10.7 Å². The van der Waals surface area contributed by atoms with Gasteiger partial charge in [-0.25, -0.2) is 14.5 Å². The van der Waals surface area contributed by atoms with Crippen molar-refractivity contribution in [3.63, 3.8) is 0 Å². The molecule has 1 atom stereocenters. The topological polar surface area (TPSA) is 120 Å². The Bertz CT molecular complexity index is 1890. The van der Waals surface area contributed by atoms with Gasteiger partial charge in [-0.15, -0.1) is 5.10 Å². The van der Waals surface area contributed by atoms with Gasteiger partial charge in [0.05, 0.1) is 22.6 Å². The zero-order valence-corrected chi connectivity index (χ0v) is 22.7. The Morgan fingerprint density at radius 2 is 1.66 bits per heavy atom. The predicted molar refractivity (Wildman–Crippen MR) is 163 cm³/mol. The van der Waals surface area contributed by atoms with Crippen LogP contribution in [0.1, 0.15) is 40.3 Å². The zero-order valence-electron chi connectivity index (χ0n) is 22.7. The van der Waals surface area contributed by atoms with Gasteiger partial charge in [0, 0.05) is 12.4 Å². The number of benzene rings is 3. The van der Waals surface area contributed by atoms with E-state index in [1.54, 1.807) is 23.0 Å². The molecule has 0 radical (unpaired) electrons. The fourth-order valence-corrected chi connectivity index (χ4v) is 4.44. The number of carbonyl (C=O) groups is 1. The van der Waals surface area contributed by atoms with Crippen molar-refractivity contribution in [1.82, 2.24) is 29.5 Å². The third-order valence-corrected chi connectivity index (χ3v) is 6.62. The molecule has 0 saturated carbocycles. The first-order chi connectivity index (χ1) is 20.0. The molecule has 3 aromatic heterocycles. The van der Waals surface area contributed by atoms with Gasteiger partial charge in [0.1, 0.15) is 11.4 Å². The molecule has 0 fully saturated rings. The fraction of sp³-hybridized carbons (Fsp3) is 0.0938. The van der Waals surface area contributed by atoms with Gasteiger partial charge in [0.15, 0.2) is 17.8 Å². The molecule has 0 amide bonds. The van der Waals surface area contributed by atoms with Crippen LogP contribution in [-0.2, 0) is 0 Å². The molecule has 6 aromatic rings. The number of nitrogens with one attached hydrogen (secondary N) is 1. The molecule has 3 N–H and O–H groups in total. The van der Waals surface area contributed by atoms with E-state index in [2.05, 4.69) is 15.4 Å². The standard InChI is InChI=1S/C25H23N3O.C7H6N4O/c1-18(26-2)24-27-22-15-9-12-20(17-16-19-10-5-3-6-11-19)23(22)25(29)28(24)21-13-7-4-8-14-21;8-6-5(4-12)7-9-2-1-3-11(7)10-6/h3-18,26H,1-2H3;1-4H,(H2,8,10)/b17-16+;. The maximum absolute atomic E-state index is 13.7. The summed E-state index contributed by atoms with van der Waals surface area (Å²) in [6, 6.07) is 27.2. The highest BCUT2D eigenvalue weighted by molar-refractivity contribution is 5.91. The Balaban J connectivity index is 0.000000234. The normalized spacial score (nSPS) is 11.9. The van der Waals surface area contributed by atoms with Gasteiger partial charge in [-0.05, 0) is 49.4 Å². The second-order valence-corrected chi connectivity index (χ2v) is 9.25. The predicted octanol–water partition coefficient (Wildman–Crippen LogP) is 4.96. The van der Waals surface area contributed by atoms with Crippen molar-refractivity contribution in [2.45, 2.75) is 13.0 Å². The van der Waals surface area contributed by atoms with Gasteiger partial charge in [-0.3, -0.25) is 14.2 Å². The summed E-state index contributed by atoms with van der Waals surface area (Å²) in [7, 11) is 1.87. The van der Waals surface area contributed by atoms with Crippen LogP contribution in [-0.4, -0.2) is 37.5 Å². The highest BCUT2D eigenvalue weighted by atomic mass is 16.1. The molecular formula is C32H29N7O2. The Morgan fingerprint density at radius 1 is 0.927 bits per heavy atom. The Hall–Kier alpha value is -5.41. The molecule has 0 aliphatic rings. The summed E-state index contributed by atoms with van der Waals surface area (Å²) in [5.74, 6) is 0.907. The van der Waals surface area contributed by atoms with Crippen LogP contribution in [0.5, 0.6) is 0 Å². The molecule has 6 rings (SSSR count). The summed E-state index contributed by atoms with van der Waals surface area (Å²) in [5, 5.41) is 7.71. The molecule has 0 spiro atoms. The summed E-state index contributed by atoms with van der Waals surface area (Å²) >= 11 is 0. The number of fused-ring (bicyclic) bond motifs is 2. The number of nitrogen functional groups attached to an aromatic ring is 1. The lowest BCUT2D eigenvalue weighted by molar-refractivity contribution is 0.112. The second kappa shape index (κ2) is 12.2. The van der Waals surface area contributed by atoms with E-state index >= 15 is 0 Å². The molecule has 204 valence electrons. The van der Waals surface area contributed by atoms with Gasteiger partial charge in [0.2, 0.25) is 0 Å². The van der Waals surface area contributed by atoms with Crippen molar-refractivity contribution in [3.8, 4) is 5.69 Å². The molecule has 0 saturated heterocycles. The van der Waals surface area contributed by atoms with E-state index in [0.717, 1.165) is 16.8 Å². The average molecular weight is 544 g/mol. The monoisotopic (exact) mass is 543 g/mol. The van der Waals surface area contributed by atoms with Crippen molar-refractivity contribution in [3.05, 3.63) is 130 Å². The van der Waals surface area contributed by atoms with E-state index in [1.165, 1.54) is 4.52 Å². The quantitative estimate of drug-likeness (QED) is 0.225. The average Bonchev–Trinajstić information content (AvgIpc) is 3.35. The molecule has 3 heterocycles. The zero-order chi connectivity index (χ0) is 28.8. The summed E-state index contributed by atoms with van der Waals surface area (Å²) in [5.41, 5.74) is 9.69. The smallest absolute Gasteiger partial charge is 0.266 e. The third-order valence-electron chi connectivity index (χ3n) is 6.62. The summed E-state index contributed by atoms with van der Waals surface area (Å²) in [6.45, 7) is 2.01. The molecule has 9 heteroatoms. The van der Waals surface area contributed by atoms with Crippen molar-refractivity contribution in [1.29, 1.82) is 0 Å². The van der Waals surface area contributed by atoms with Gasteiger partial charge < -0.3 is 11.1 Å². The van der Waals surface area contributed by atoms with E-state index in [9.17, 15) is 9.59 Å². The molecule has 3 aromatic carbocycles. The number of nitrogens with zero attached hydrogens (tertiary/aromatic N) is 5. The minimum atomic E-state index is -0.0733. The first-order valence-corrected chi connectivity index (χ1v) is 13.1. The number of para-hydroxylation sites is 1. The van der Waals surface area contributed by atoms with Crippen LogP contribution in [0.15, 0.2) is 102 Å². The van der Waals surface area contributed by atoms with Crippen LogP contribution < -0.4 is 16.6 Å². The van der Waals surface area contributed by atoms with E-state index in [0.29, 0.717) is 34.2 Å². The largest absolute Gasteiger partial charge is 0.382 e. The maximum Gasteiger partial charge on any atom is 0.266 e. The van der Waals surface area contributed by atoms with Gasteiger partial charge in [-0.1, -0.05) is 72.8 Å². The fourth-order valence-electron chi connectivity index (χ4n) is 4.44. The summed E-state index contributed by atoms with van der Waals surface area (Å²) < 4.78 is 3.18. The molecule has 41 heavy (non-hydrogen) atoms. The lowest BCUT2D eigenvalue weighted by Crippen LogP contribution is -2.29.